The molecule has 3 aromatic rings. The number of aromatic nitrogens is 3. The minimum absolute atomic E-state index is 0.402. The van der Waals surface area contributed by atoms with Crippen molar-refractivity contribution < 1.29 is 9.53 Å². The molecule has 0 unspecified atom stereocenters. The van der Waals surface area contributed by atoms with Crippen LogP contribution in [0.25, 0.3) is 21.9 Å². The summed E-state index contributed by atoms with van der Waals surface area (Å²) in [6, 6.07) is 7.85. The van der Waals surface area contributed by atoms with Crippen LogP contribution in [0.3, 0.4) is 0 Å². The Morgan fingerprint density at radius 2 is 2.08 bits per heavy atom. The number of amides is 1. The number of pyridine rings is 1. The van der Waals surface area contributed by atoms with Crippen molar-refractivity contribution >= 4 is 39.6 Å². The molecule has 0 saturated heterocycles. The Labute approximate surface area is 151 Å². The molecule has 1 amide bonds. The van der Waals surface area contributed by atoms with Crippen molar-refractivity contribution in [2.45, 2.75) is 39.3 Å². The number of carbonyl (C=O) groups is 1. The number of rotatable bonds is 4. The Balaban J connectivity index is 1.71. The second kappa shape index (κ2) is 6.88. The number of nitrogens with zero attached hydrogens (tertiary/aromatic N) is 3. The Bertz CT molecular complexity index is 914. The second-order valence-corrected chi connectivity index (χ2v) is 7.20. The highest BCUT2D eigenvalue weighted by molar-refractivity contribution is 6.35. The van der Waals surface area contributed by atoms with E-state index < -0.39 is 11.7 Å². The molecule has 1 aromatic carbocycles. The summed E-state index contributed by atoms with van der Waals surface area (Å²) in [6.45, 7) is 6.75. The molecule has 2 aromatic heterocycles. The van der Waals surface area contributed by atoms with Crippen molar-refractivity contribution in [3.63, 3.8) is 0 Å². The lowest BCUT2D eigenvalue weighted by atomic mass is 10.2. The molecule has 7 heteroatoms. The maximum absolute atomic E-state index is 11.7. The minimum atomic E-state index is -0.493. The van der Waals surface area contributed by atoms with Crippen LogP contribution < -0.4 is 5.32 Å². The van der Waals surface area contributed by atoms with Crippen LogP contribution in [0.1, 0.15) is 27.2 Å². The number of halogens is 1. The number of fused-ring (bicyclic) bond motifs is 3. The summed E-state index contributed by atoms with van der Waals surface area (Å²) in [5, 5.41) is 4.18. The average molecular weight is 361 g/mol. The number of ether oxygens (including phenoxy) is 1. The highest BCUT2D eigenvalue weighted by atomic mass is 35.5. The molecule has 0 saturated carbocycles. The first-order valence-corrected chi connectivity index (χ1v) is 8.59. The lowest BCUT2D eigenvalue weighted by Crippen LogP contribution is -2.33. The van der Waals surface area contributed by atoms with E-state index in [2.05, 4.69) is 15.3 Å². The molecular weight excluding hydrogens is 340 g/mol. The van der Waals surface area contributed by atoms with Crippen molar-refractivity contribution in [2.75, 3.05) is 6.54 Å². The molecule has 0 aliphatic carbocycles. The third kappa shape index (κ3) is 4.02. The van der Waals surface area contributed by atoms with Crippen molar-refractivity contribution in [1.82, 2.24) is 19.9 Å². The van der Waals surface area contributed by atoms with Crippen LogP contribution in [0.4, 0.5) is 4.79 Å². The number of carbonyl (C=O) groups excluding carboxylic acids is 1. The van der Waals surface area contributed by atoms with E-state index in [9.17, 15) is 4.79 Å². The highest BCUT2D eigenvalue weighted by Gasteiger charge is 2.16. The van der Waals surface area contributed by atoms with Gasteiger partial charge in [0.15, 0.2) is 5.15 Å². The summed E-state index contributed by atoms with van der Waals surface area (Å²) in [7, 11) is 0. The molecule has 0 fully saturated rings. The van der Waals surface area contributed by atoms with Crippen molar-refractivity contribution in [2.24, 2.45) is 0 Å². The number of para-hydroxylation sites is 1. The average Bonchev–Trinajstić information content (AvgIpc) is 2.95. The van der Waals surface area contributed by atoms with Gasteiger partial charge < -0.3 is 14.6 Å². The summed E-state index contributed by atoms with van der Waals surface area (Å²) in [5.41, 5.74) is 2.01. The predicted molar refractivity (Wildman–Crippen MR) is 98.9 cm³/mol. The molecule has 0 spiro atoms. The molecule has 0 aliphatic rings. The van der Waals surface area contributed by atoms with Gasteiger partial charge in [-0.2, -0.15) is 0 Å². The topological polar surface area (TPSA) is 69.0 Å². The van der Waals surface area contributed by atoms with Crippen molar-refractivity contribution in [1.29, 1.82) is 0 Å². The lowest BCUT2D eigenvalue weighted by molar-refractivity contribution is 0.0527. The van der Waals surface area contributed by atoms with E-state index in [-0.39, 0.29) is 0 Å². The largest absolute Gasteiger partial charge is 0.444 e. The van der Waals surface area contributed by atoms with Crippen molar-refractivity contribution in [3.05, 3.63) is 35.7 Å². The molecule has 0 bridgehead atoms. The van der Waals surface area contributed by atoms with Crippen LogP contribution in [0.5, 0.6) is 0 Å². The number of benzene rings is 1. The van der Waals surface area contributed by atoms with Gasteiger partial charge in [-0.25, -0.2) is 14.8 Å². The van der Waals surface area contributed by atoms with Crippen LogP contribution in [0.15, 0.2) is 30.6 Å². The number of hydrogen-bond donors (Lipinski definition) is 1. The van der Waals surface area contributed by atoms with Gasteiger partial charge >= 0.3 is 6.09 Å². The summed E-state index contributed by atoms with van der Waals surface area (Å²) in [5.74, 6) is 0. The molecule has 0 aliphatic heterocycles. The van der Waals surface area contributed by atoms with Gasteiger partial charge in [0.25, 0.3) is 0 Å². The zero-order valence-electron chi connectivity index (χ0n) is 14.5. The van der Waals surface area contributed by atoms with Gasteiger partial charge in [0.1, 0.15) is 11.1 Å². The number of imidazole rings is 1. The van der Waals surface area contributed by atoms with E-state index >= 15 is 0 Å². The maximum Gasteiger partial charge on any atom is 0.407 e. The van der Waals surface area contributed by atoms with Gasteiger partial charge in [0, 0.05) is 18.5 Å². The zero-order valence-corrected chi connectivity index (χ0v) is 15.3. The van der Waals surface area contributed by atoms with Gasteiger partial charge in [0.05, 0.1) is 17.4 Å². The number of nitrogens with one attached hydrogen (secondary N) is 1. The summed E-state index contributed by atoms with van der Waals surface area (Å²) in [4.78, 5) is 20.4. The van der Waals surface area contributed by atoms with Gasteiger partial charge in [0.2, 0.25) is 0 Å². The first-order valence-electron chi connectivity index (χ1n) is 8.21. The lowest BCUT2D eigenvalue weighted by Gasteiger charge is -2.19. The normalized spacial score (nSPS) is 11.8. The van der Waals surface area contributed by atoms with Gasteiger partial charge in [-0.3, -0.25) is 0 Å². The van der Waals surface area contributed by atoms with E-state index in [1.165, 1.54) is 0 Å². The van der Waals surface area contributed by atoms with Crippen molar-refractivity contribution in [3.8, 4) is 0 Å². The minimum Gasteiger partial charge on any atom is -0.444 e. The molecule has 1 N–H and O–H groups in total. The monoisotopic (exact) mass is 360 g/mol. The van der Waals surface area contributed by atoms with Crippen LogP contribution in [0.2, 0.25) is 5.15 Å². The Hall–Kier alpha value is -2.34. The van der Waals surface area contributed by atoms with Gasteiger partial charge in [-0.05, 0) is 33.3 Å². The molecule has 2 heterocycles. The van der Waals surface area contributed by atoms with Crippen LogP contribution in [0, 0.1) is 0 Å². The SMILES string of the molecule is CC(C)(C)OC(=O)NCCCn1cnc2c(Cl)nc3ccccc3c21. The second-order valence-electron chi connectivity index (χ2n) is 6.84. The number of alkyl carbamates (subject to hydrolysis) is 1. The smallest absolute Gasteiger partial charge is 0.407 e. The zero-order chi connectivity index (χ0) is 18.0. The van der Waals surface area contributed by atoms with Crippen LogP contribution >= 0.6 is 11.6 Å². The third-order valence-electron chi connectivity index (χ3n) is 3.65. The standard InChI is InChI=1S/C18H21ClN4O2/c1-18(2,3)25-17(24)20-9-6-10-23-11-21-14-15(23)12-7-4-5-8-13(12)22-16(14)19/h4-5,7-8,11H,6,9-10H2,1-3H3,(H,20,24). The number of hydrogen-bond acceptors (Lipinski definition) is 4. The van der Waals surface area contributed by atoms with E-state index in [1.54, 1.807) is 6.33 Å². The maximum atomic E-state index is 11.7. The van der Waals surface area contributed by atoms with Crippen LogP contribution in [-0.2, 0) is 11.3 Å². The first kappa shape index (κ1) is 17.5. The molecular formula is C18H21ClN4O2. The summed E-state index contributed by atoms with van der Waals surface area (Å²) < 4.78 is 7.27. The van der Waals surface area contributed by atoms with Crippen LogP contribution in [-0.4, -0.2) is 32.8 Å². The summed E-state index contributed by atoms with van der Waals surface area (Å²) in [6.07, 6.45) is 2.11. The molecule has 0 radical (unpaired) electrons. The molecule has 25 heavy (non-hydrogen) atoms. The fraction of sp³-hybridized carbons (Fsp3) is 0.389. The number of aryl methyl sites for hydroxylation is 1. The molecule has 3 rings (SSSR count). The van der Waals surface area contributed by atoms with E-state index in [1.807, 2.05) is 49.6 Å². The third-order valence-corrected chi connectivity index (χ3v) is 3.92. The summed E-state index contributed by atoms with van der Waals surface area (Å²) >= 11 is 6.25. The molecule has 0 atom stereocenters. The van der Waals surface area contributed by atoms with Gasteiger partial charge in [-0.15, -0.1) is 0 Å². The van der Waals surface area contributed by atoms with E-state index in [0.717, 1.165) is 22.8 Å². The van der Waals surface area contributed by atoms with Gasteiger partial charge in [-0.1, -0.05) is 29.8 Å². The quantitative estimate of drug-likeness (QED) is 0.560. The highest BCUT2D eigenvalue weighted by Crippen LogP contribution is 2.28. The Morgan fingerprint density at radius 3 is 2.84 bits per heavy atom. The van der Waals surface area contributed by atoms with E-state index in [4.69, 9.17) is 16.3 Å². The molecule has 6 nitrogen and oxygen atoms in total. The first-order chi connectivity index (χ1) is 11.8. The Kier molecular flexibility index (Phi) is 4.81. The van der Waals surface area contributed by atoms with E-state index in [0.29, 0.717) is 23.8 Å². The molecule has 132 valence electrons. The predicted octanol–water partition coefficient (Wildman–Crippen LogP) is 4.15. The fourth-order valence-electron chi connectivity index (χ4n) is 2.67. The fourth-order valence-corrected chi connectivity index (χ4v) is 2.90. The Morgan fingerprint density at radius 1 is 1.32 bits per heavy atom.